The number of phenols is 1. The van der Waals surface area contributed by atoms with Crippen molar-refractivity contribution in [3.8, 4) is 11.5 Å². The molecule has 0 aromatic heterocycles. The highest BCUT2D eigenvalue weighted by Crippen LogP contribution is 2.38. The lowest BCUT2D eigenvalue weighted by Crippen LogP contribution is -2.31. The molecule has 1 atom stereocenters. The number of ether oxygens (including phenoxy) is 1. The first-order valence-electron chi connectivity index (χ1n) is 6.84. The SMILES string of the molecule is COc1cc([C@H]2N=C(SC)N(C)C(C)=C2C(C)=O)ccc1O. The number of Topliss-reactive ketones (excluding diaryl/α,β-unsaturated/α-hetero) is 1. The van der Waals surface area contributed by atoms with Crippen LogP contribution in [0.25, 0.3) is 0 Å². The molecule has 0 bridgehead atoms. The largest absolute Gasteiger partial charge is 0.504 e. The number of hydrogen-bond acceptors (Lipinski definition) is 6. The third-order valence-corrected chi connectivity index (χ3v) is 4.52. The first-order chi connectivity index (χ1) is 10.4. The third kappa shape index (κ3) is 2.83. The number of ketones is 1. The van der Waals surface area contributed by atoms with Crippen molar-refractivity contribution in [2.75, 3.05) is 20.4 Å². The number of amidine groups is 1. The summed E-state index contributed by atoms with van der Waals surface area (Å²) in [5.41, 5.74) is 2.37. The number of nitrogens with zero attached hydrogens (tertiary/aromatic N) is 2. The molecular weight excluding hydrogens is 300 g/mol. The monoisotopic (exact) mass is 320 g/mol. The molecule has 0 amide bonds. The first kappa shape index (κ1) is 16.4. The summed E-state index contributed by atoms with van der Waals surface area (Å²) in [4.78, 5) is 18.7. The van der Waals surface area contributed by atoms with Gasteiger partial charge in [0.2, 0.25) is 0 Å². The molecule has 0 radical (unpaired) electrons. The number of benzene rings is 1. The summed E-state index contributed by atoms with van der Waals surface area (Å²) in [7, 11) is 3.40. The Bertz CT molecular complexity index is 667. The van der Waals surface area contributed by atoms with Crippen molar-refractivity contribution in [2.45, 2.75) is 19.9 Å². The number of allylic oxidation sites excluding steroid dienone is 1. The minimum Gasteiger partial charge on any atom is -0.504 e. The maximum atomic E-state index is 12.1. The van der Waals surface area contributed by atoms with Crippen molar-refractivity contribution < 1.29 is 14.6 Å². The molecule has 6 heteroatoms. The van der Waals surface area contributed by atoms with Gasteiger partial charge in [0, 0.05) is 18.3 Å². The smallest absolute Gasteiger partial charge is 0.163 e. The molecule has 0 spiro atoms. The highest BCUT2D eigenvalue weighted by molar-refractivity contribution is 8.13. The highest BCUT2D eigenvalue weighted by atomic mass is 32.2. The zero-order chi connectivity index (χ0) is 16.4. The predicted molar refractivity (Wildman–Crippen MR) is 89.5 cm³/mol. The van der Waals surface area contributed by atoms with E-state index in [0.717, 1.165) is 16.4 Å². The number of phenolic OH excluding ortho intramolecular Hbond substituents is 1. The van der Waals surface area contributed by atoms with Gasteiger partial charge in [-0.1, -0.05) is 17.8 Å². The van der Waals surface area contributed by atoms with Crippen LogP contribution in [0.2, 0.25) is 0 Å². The molecule has 1 aromatic carbocycles. The molecule has 118 valence electrons. The Morgan fingerprint density at radius 3 is 2.68 bits per heavy atom. The van der Waals surface area contributed by atoms with E-state index in [2.05, 4.69) is 0 Å². The summed E-state index contributed by atoms with van der Waals surface area (Å²) in [6.07, 6.45) is 1.95. The van der Waals surface area contributed by atoms with Crippen molar-refractivity contribution in [1.29, 1.82) is 0 Å². The lowest BCUT2D eigenvalue weighted by Gasteiger charge is -2.31. The topological polar surface area (TPSA) is 62.1 Å². The fourth-order valence-corrected chi connectivity index (χ4v) is 3.15. The van der Waals surface area contributed by atoms with Crippen LogP contribution in [0.4, 0.5) is 0 Å². The van der Waals surface area contributed by atoms with E-state index >= 15 is 0 Å². The van der Waals surface area contributed by atoms with Gasteiger partial charge in [-0.2, -0.15) is 0 Å². The Kier molecular flexibility index (Phi) is 4.81. The Hall–Kier alpha value is -1.95. The number of aliphatic imine (C=N–C) groups is 1. The summed E-state index contributed by atoms with van der Waals surface area (Å²) >= 11 is 1.53. The van der Waals surface area contributed by atoms with E-state index in [1.165, 1.54) is 18.9 Å². The van der Waals surface area contributed by atoms with Crippen LogP contribution in [0.1, 0.15) is 25.5 Å². The summed E-state index contributed by atoms with van der Waals surface area (Å²) in [5.74, 6) is 0.432. The third-order valence-electron chi connectivity index (χ3n) is 3.77. The zero-order valence-electron chi connectivity index (χ0n) is 13.4. The van der Waals surface area contributed by atoms with E-state index < -0.39 is 0 Å². The second-order valence-electron chi connectivity index (χ2n) is 5.06. The Labute approximate surface area is 134 Å². The molecule has 1 aliphatic heterocycles. The number of hydrogen-bond donors (Lipinski definition) is 1. The lowest BCUT2D eigenvalue weighted by molar-refractivity contribution is -0.114. The van der Waals surface area contributed by atoms with Crippen LogP contribution in [-0.2, 0) is 4.79 Å². The van der Waals surface area contributed by atoms with Crippen molar-refractivity contribution in [2.24, 2.45) is 4.99 Å². The number of aromatic hydroxyl groups is 1. The summed E-state index contributed by atoms with van der Waals surface area (Å²) < 4.78 is 5.16. The molecule has 1 N–H and O–H groups in total. The van der Waals surface area contributed by atoms with Gasteiger partial charge in [-0.05, 0) is 37.8 Å². The van der Waals surface area contributed by atoms with Gasteiger partial charge in [-0.3, -0.25) is 4.79 Å². The van der Waals surface area contributed by atoms with Gasteiger partial charge in [-0.25, -0.2) is 4.99 Å². The summed E-state index contributed by atoms with van der Waals surface area (Å²) in [6.45, 7) is 3.48. The Balaban J connectivity index is 2.59. The van der Waals surface area contributed by atoms with Gasteiger partial charge in [0.15, 0.2) is 22.4 Å². The Morgan fingerprint density at radius 1 is 1.45 bits per heavy atom. The van der Waals surface area contributed by atoms with E-state index in [0.29, 0.717) is 11.3 Å². The van der Waals surface area contributed by atoms with Crippen LogP contribution in [0.3, 0.4) is 0 Å². The van der Waals surface area contributed by atoms with Gasteiger partial charge in [0.1, 0.15) is 6.04 Å². The molecule has 22 heavy (non-hydrogen) atoms. The molecule has 1 aliphatic rings. The number of methoxy groups -OCH3 is 1. The van der Waals surface area contributed by atoms with Crippen molar-refractivity contribution in [3.63, 3.8) is 0 Å². The molecule has 0 unspecified atom stereocenters. The standard InChI is InChI=1S/C16H20N2O3S/c1-9-14(10(2)19)15(17-16(22-5)18(9)3)11-6-7-12(20)13(8-11)21-4/h6-8,15,20H,1-5H3/t15-/m1/s1. The van der Waals surface area contributed by atoms with Crippen LogP contribution in [-0.4, -0.2) is 41.4 Å². The van der Waals surface area contributed by atoms with Gasteiger partial charge in [-0.15, -0.1) is 0 Å². The predicted octanol–water partition coefficient (Wildman–Crippen LogP) is 2.97. The lowest BCUT2D eigenvalue weighted by atomic mass is 9.93. The molecule has 1 heterocycles. The first-order valence-corrected chi connectivity index (χ1v) is 8.07. The maximum absolute atomic E-state index is 12.1. The number of carbonyl (C=O) groups is 1. The minimum atomic E-state index is -0.384. The quantitative estimate of drug-likeness (QED) is 0.927. The summed E-state index contributed by atoms with van der Waals surface area (Å²) in [5, 5.41) is 10.6. The normalized spacial score (nSPS) is 18.3. The average molecular weight is 320 g/mol. The van der Waals surface area contributed by atoms with E-state index in [9.17, 15) is 9.90 Å². The molecule has 5 nitrogen and oxygen atoms in total. The fraction of sp³-hybridized carbons (Fsp3) is 0.375. The molecule has 0 fully saturated rings. The van der Waals surface area contributed by atoms with Gasteiger partial charge >= 0.3 is 0 Å². The van der Waals surface area contributed by atoms with Crippen molar-refractivity contribution in [1.82, 2.24) is 4.90 Å². The number of thioether (sulfide) groups is 1. The van der Waals surface area contributed by atoms with Crippen LogP contribution in [0, 0.1) is 0 Å². The van der Waals surface area contributed by atoms with E-state index in [4.69, 9.17) is 9.73 Å². The van der Waals surface area contributed by atoms with E-state index in [-0.39, 0.29) is 17.6 Å². The summed E-state index contributed by atoms with van der Waals surface area (Å²) in [6, 6.07) is 4.67. The average Bonchev–Trinajstić information content (AvgIpc) is 2.49. The van der Waals surface area contributed by atoms with Crippen molar-refractivity contribution in [3.05, 3.63) is 35.0 Å². The fourth-order valence-electron chi connectivity index (χ4n) is 2.53. The van der Waals surface area contributed by atoms with Crippen LogP contribution < -0.4 is 4.74 Å². The van der Waals surface area contributed by atoms with Gasteiger partial charge in [0.05, 0.1) is 7.11 Å². The minimum absolute atomic E-state index is 0.00899. The van der Waals surface area contributed by atoms with Crippen LogP contribution >= 0.6 is 11.8 Å². The molecule has 1 aromatic rings. The van der Waals surface area contributed by atoms with Gasteiger partial charge in [0.25, 0.3) is 0 Å². The van der Waals surface area contributed by atoms with Crippen LogP contribution in [0.15, 0.2) is 34.5 Å². The van der Waals surface area contributed by atoms with E-state index in [1.54, 1.807) is 25.1 Å². The maximum Gasteiger partial charge on any atom is 0.163 e. The molecular formula is C16H20N2O3S. The van der Waals surface area contributed by atoms with Gasteiger partial charge < -0.3 is 14.7 Å². The second kappa shape index (κ2) is 6.44. The molecule has 2 rings (SSSR count). The highest BCUT2D eigenvalue weighted by Gasteiger charge is 2.30. The second-order valence-corrected chi connectivity index (χ2v) is 5.84. The Morgan fingerprint density at radius 2 is 2.14 bits per heavy atom. The molecule has 0 aliphatic carbocycles. The number of carbonyl (C=O) groups excluding carboxylic acids is 1. The van der Waals surface area contributed by atoms with Crippen molar-refractivity contribution >= 4 is 22.7 Å². The molecule has 0 saturated carbocycles. The van der Waals surface area contributed by atoms with Crippen LogP contribution in [0.5, 0.6) is 11.5 Å². The number of rotatable bonds is 3. The van der Waals surface area contributed by atoms with E-state index in [1.807, 2.05) is 25.1 Å². The zero-order valence-corrected chi connectivity index (χ0v) is 14.2. The molecule has 0 saturated heterocycles.